The Morgan fingerprint density at radius 2 is 2.11 bits per heavy atom. The molecule has 0 aromatic carbocycles. The molecule has 0 atom stereocenters. The van der Waals surface area contributed by atoms with Gasteiger partial charge >= 0.3 is 0 Å². The van der Waals surface area contributed by atoms with E-state index in [0.29, 0.717) is 10.6 Å². The number of hydrogen-bond acceptors (Lipinski definition) is 5. The molecule has 0 aliphatic carbocycles. The van der Waals surface area contributed by atoms with Crippen LogP contribution in [0.2, 0.25) is 0 Å². The van der Waals surface area contributed by atoms with Crippen LogP contribution in [0, 0.1) is 0 Å². The largest absolute Gasteiger partial charge is 0.397 e. The quantitative estimate of drug-likeness (QED) is 0.860. The summed E-state index contributed by atoms with van der Waals surface area (Å²) >= 11 is 1.27. The van der Waals surface area contributed by atoms with Crippen molar-refractivity contribution in [2.45, 2.75) is 12.8 Å². The first-order chi connectivity index (χ1) is 8.68. The highest BCUT2D eigenvalue weighted by Crippen LogP contribution is 2.39. The summed E-state index contributed by atoms with van der Waals surface area (Å²) in [4.78, 5) is 19.1. The van der Waals surface area contributed by atoms with Gasteiger partial charge in [-0.15, -0.1) is 11.3 Å². The molecule has 2 aromatic rings. The Hall–Kier alpha value is -1.82. The summed E-state index contributed by atoms with van der Waals surface area (Å²) < 4.78 is 0. The second kappa shape index (κ2) is 4.13. The Bertz CT molecular complexity index is 616. The zero-order valence-corrected chi connectivity index (χ0v) is 10.7. The number of pyridine rings is 1. The second-order valence-corrected chi connectivity index (χ2v) is 5.41. The van der Waals surface area contributed by atoms with Crippen molar-refractivity contribution in [3.05, 3.63) is 17.1 Å². The highest BCUT2D eigenvalue weighted by molar-refractivity contribution is 7.21. The fraction of sp³-hybridized carbons (Fsp3) is 0.333. The van der Waals surface area contributed by atoms with Gasteiger partial charge in [0.15, 0.2) is 0 Å². The van der Waals surface area contributed by atoms with Gasteiger partial charge < -0.3 is 16.4 Å². The summed E-state index contributed by atoms with van der Waals surface area (Å²) in [5.74, 6) is -0.483. The van der Waals surface area contributed by atoms with E-state index >= 15 is 0 Å². The van der Waals surface area contributed by atoms with E-state index in [-0.39, 0.29) is 0 Å². The lowest BCUT2D eigenvalue weighted by molar-refractivity contribution is 0.100. The molecular formula is C12H14N4OS. The van der Waals surface area contributed by atoms with Gasteiger partial charge in [-0.25, -0.2) is 4.98 Å². The van der Waals surface area contributed by atoms with Crippen molar-refractivity contribution in [1.29, 1.82) is 0 Å². The number of rotatable bonds is 2. The van der Waals surface area contributed by atoms with Crippen LogP contribution in [-0.4, -0.2) is 24.0 Å². The zero-order valence-electron chi connectivity index (χ0n) is 9.85. The molecule has 1 aliphatic heterocycles. The lowest BCUT2D eigenvalue weighted by atomic mass is 10.2. The third-order valence-corrected chi connectivity index (χ3v) is 4.41. The van der Waals surface area contributed by atoms with E-state index < -0.39 is 5.91 Å². The molecule has 6 heteroatoms. The fourth-order valence-corrected chi connectivity index (χ4v) is 3.37. The Morgan fingerprint density at radius 3 is 2.78 bits per heavy atom. The molecule has 0 bridgehead atoms. The van der Waals surface area contributed by atoms with Crippen molar-refractivity contribution >= 4 is 38.8 Å². The predicted molar refractivity (Wildman–Crippen MR) is 74.0 cm³/mol. The monoisotopic (exact) mass is 262 g/mol. The van der Waals surface area contributed by atoms with E-state index in [2.05, 4.69) is 9.88 Å². The molecule has 0 saturated carbocycles. The van der Waals surface area contributed by atoms with Gasteiger partial charge in [0.05, 0.1) is 16.8 Å². The maximum absolute atomic E-state index is 11.3. The standard InChI is InChI=1S/C12H14N4OS/c13-9-8-7(16-5-1-2-6-16)3-4-15-12(8)18-10(9)11(14)17/h3-4H,1-2,5-6,13H2,(H2,14,17). The van der Waals surface area contributed by atoms with Crippen LogP contribution in [0.15, 0.2) is 12.3 Å². The lowest BCUT2D eigenvalue weighted by Gasteiger charge is -2.18. The number of nitrogens with zero attached hydrogens (tertiary/aromatic N) is 2. The van der Waals surface area contributed by atoms with E-state index in [0.717, 1.165) is 29.0 Å². The summed E-state index contributed by atoms with van der Waals surface area (Å²) in [6, 6.07) is 1.96. The molecule has 18 heavy (non-hydrogen) atoms. The highest BCUT2D eigenvalue weighted by Gasteiger charge is 2.21. The van der Waals surface area contributed by atoms with Crippen LogP contribution in [0.4, 0.5) is 11.4 Å². The minimum absolute atomic E-state index is 0.407. The highest BCUT2D eigenvalue weighted by atomic mass is 32.1. The molecule has 3 heterocycles. The molecule has 1 fully saturated rings. The number of hydrogen-bond donors (Lipinski definition) is 2. The van der Waals surface area contributed by atoms with Gasteiger partial charge in [-0.05, 0) is 18.9 Å². The van der Waals surface area contributed by atoms with Crippen LogP contribution in [-0.2, 0) is 0 Å². The first-order valence-corrected chi connectivity index (χ1v) is 6.72. The molecule has 0 radical (unpaired) electrons. The van der Waals surface area contributed by atoms with Crippen LogP contribution in [0.3, 0.4) is 0 Å². The Morgan fingerprint density at radius 1 is 1.39 bits per heavy atom. The first-order valence-electron chi connectivity index (χ1n) is 5.90. The summed E-state index contributed by atoms with van der Waals surface area (Å²) in [7, 11) is 0. The van der Waals surface area contributed by atoms with Crippen LogP contribution < -0.4 is 16.4 Å². The third kappa shape index (κ3) is 1.60. The molecule has 2 aromatic heterocycles. The molecule has 0 spiro atoms. The van der Waals surface area contributed by atoms with Crippen molar-refractivity contribution < 1.29 is 4.79 Å². The second-order valence-electron chi connectivity index (χ2n) is 4.41. The number of aromatic nitrogens is 1. The number of fused-ring (bicyclic) bond motifs is 1. The fourth-order valence-electron chi connectivity index (χ4n) is 2.43. The summed E-state index contributed by atoms with van der Waals surface area (Å²) in [5, 5.41) is 0.873. The smallest absolute Gasteiger partial charge is 0.260 e. The summed E-state index contributed by atoms with van der Waals surface area (Å²) in [6.45, 7) is 2.06. The van der Waals surface area contributed by atoms with Gasteiger partial charge in [0.1, 0.15) is 9.71 Å². The number of carbonyl (C=O) groups excluding carboxylic acids is 1. The number of nitrogens with two attached hydrogens (primary N) is 2. The molecule has 3 rings (SSSR count). The number of anilines is 2. The number of nitrogen functional groups attached to an aromatic ring is 1. The topological polar surface area (TPSA) is 85.2 Å². The Labute approximate surface area is 108 Å². The minimum atomic E-state index is -0.483. The van der Waals surface area contributed by atoms with Gasteiger partial charge in [-0.1, -0.05) is 0 Å². The Kier molecular flexibility index (Phi) is 2.59. The lowest BCUT2D eigenvalue weighted by Crippen LogP contribution is -2.18. The molecule has 5 nitrogen and oxygen atoms in total. The maximum Gasteiger partial charge on any atom is 0.260 e. The molecular weight excluding hydrogens is 248 g/mol. The van der Waals surface area contributed by atoms with E-state index in [1.807, 2.05) is 6.07 Å². The Balaban J connectivity index is 2.23. The molecule has 0 unspecified atom stereocenters. The van der Waals surface area contributed by atoms with Crippen LogP contribution in [0.5, 0.6) is 0 Å². The van der Waals surface area contributed by atoms with Gasteiger partial charge in [0.25, 0.3) is 5.91 Å². The first kappa shape index (κ1) is 11.3. The average molecular weight is 262 g/mol. The van der Waals surface area contributed by atoms with Crippen LogP contribution >= 0.6 is 11.3 Å². The molecule has 1 aliphatic rings. The summed E-state index contributed by atoms with van der Waals surface area (Å²) in [5.41, 5.74) is 12.9. The zero-order chi connectivity index (χ0) is 12.7. The number of carbonyl (C=O) groups is 1. The summed E-state index contributed by atoms with van der Waals surface area (Å²) in [6.07, 6.45) is 4.14. The van der Waals surface area contributed by atoms with E-state index in [4.69, 9.17) is 11.5 Å². The SMILES string of the molecule is NC(=O)c1sc2nccc(N3CCCC3)c2c1N. The number of primary amides is 1. The van der Waals surface area contributed by atoms with E-state index in [1.54, 1.807) is 6.20 Å². The van der Waals surface area contributed by atoms with Crippen LogP contribution in [0.25, 0.3) is 10.2 Å². The van der Waals surface area contributed by atoms with Gasteiger partial charge in [-0.2, -0.15) is 0 Å². The predicted octanol–water partition coefficient (Wildman–Crippen LogP) is 1.58. The third-order valence-electron chi connectivity index (χ3n) is 3.28. The van der Waals surface area contributed by atoms with Crippen molar-refractivity contribution in [3.8, 4) is 0 Å². The number of thiophene rings is 1. The van der Waals surface area contributed by atoms with Gasteiger partial charge in [-0.3, -0.25) is 4.79 Å². The maximum atomic E-state index is 11.3. The van der Waals surface area contributed by atoms with Gasteiger partial charge in [0, 0.05) is 19.3 Å². The van der Waals surface area contributed by atoms with Crippen LogP contribution in [0.1, 0.15) is 22.5 Å². The molecule has 1 saturated heterocycles. The minimum Gasteiger partial charge on any atom is -0.397 e. The van der Waals surface area contributed by atoms with Gasteiger partial charge in [0.2, 0.25) is 0 Å². The van der Waals surface area contributed by atoms with E-state index in [9.17, 15) is 4.79 Å². The van der Waals surface area contributed by atoms with E-state index in [1.165, 1.54) is 24.2 Å². The normalized spacial score (nSPS) is 15.4. The molecule has 94 valence electrons. The average Bonchev–Trinajstić information content (AvgIpc) is 2.97. The molecule has 1 amide bonds. The van der Waals surface area contributed by atoms with Crippen molar-refractivity contribution in [3.63, 3.8) is 0 Å². The molecule has 4 N–H and O–H groups in total. The van der Waals surface area contributed by atoms with Crippen molar-refractivity contribution in [2.75, 3.05) is 23.7 Å². The van der Waals surface area contributed by atoms with Crippen molar-refractivity contribution in [1.82, 2.24) is 4.98 Å². The van der Waals surface area contributed by atoms with Crippen molar-refractivity contribution in [2.24, 2.45) is 5.73 Å². The number of amides is 1.